The summed E-state index contributed by atoms with van der Waals surface area (Å²) in [6, 6.07) is 7.02. The first-order valence-electron chi connectivity index (χ1n) is 48.6. The van der Waals surface area contributed by atoms with Crippen LogP contribution in [0.4, 0.5) is 10.5 Å². The van der Waals surface area contributed by atoms with E-state index in [1.165, 1.54) is 5.56 Å². The second-order valence-electron chi connectivity index (χ2n) is 38.3. The molecule has 2 fully saturated rings. The molecule has 0 heterocycles. The number of urea groups is 1. The highest BCUT2D eigenvalue weighted by atomic mass is 16.6. The fourth-order valence-electron chi connectivity index (χ4n) is 19.5. The van der Waals surface area contributed by atoms with E-state index < -0.39 is 76.1 Å². The molecule has 740 valence electrons. The maximum absolute atomic E-state index is 15.1. The molecule has 0 aliphatic heterocycles. The molecule has 6 aliphatic rings. The Balaban J connectivity index is 0.814. The van der Waals surface area contributed by atoms with Crippen LogP contribution in [0.2, 0.25) is 0 Å². The zero-order valence-corrected chi connectivity index (χ0v) is 80.4. The van der Waals surface area contributed by atoms with E-state index in [9.17, 15) is 48.3 Å². The molecule has 11 amide bonds. The summed E-state index contributed by atoms with van der Waals surface area (Å²) >= 11 is 0. The van der Waals surface area contributed by atoms with Gasteiger partial charge in [-0.2, -0.15) is 0 Å². The van der Waals surface area contributed by atoms with Crippen LogP contribution in [0.1, 0.15) is 224 Å². The molecule has 0 saturated heterocycles. The first-order valence-corrected chi connectivity index (χ1v) is 48.6. The van der Waals surface area contributed by atoms with E-state index in [-0.39, 0.29) is 137 Å². The number of anilines is 1. The highest BCUT2D eigenvalue weighted by Crippen LogP contribution is 2.60. The molecule has 34 heteroatoms. The number of nitrogens with one attached hydrogen (secondary N) is 10. The Morgan fingerprint density at radius 1 is 0.492 bits per heavy atom. The topological polar surface area (TPSA) is 456 Å². The number of imide groups is 1. The van der Waals surface area contributed by atoms with Crippen LogP contribution in [0, 0.1) is 40.4 Å². The van der Waals surface area contributed by atoms with Crippen LogP contribution in [0.3, 0.4) is 0 Å². The summed E-state index contributed by atoms with van der Waals surface area (Å²) in [7, 11) is 6.23. The molecule has 0 aromatic heterocycles. The zero-order valence-electron chi connectivity index (χ0n) is 80.4. The lowest BCUT2D eigenvalue weighted by molar-refractivity contribution is -0.869. The Kier molecular flexibility index (Phi) is 46.7. The van der Waals surface area contributed by atoms with Gasteiger partial charge >= 0.3 is 6.03 Å². The number of primary amides is 1. The average Bonchev–Trinajstić information content (AvgIpc) is 0.720. The second kappa shape index (κ2) is 56.7. The minimum absolute atomic E-state index is 0.00560. The minimum atomic E-state index is -1.22. The number of phenols is 1. The predicted molar refractivity (Wildman–Crippen MR) is 500 cm³/mol. The third kappa shape index (κ3) is 35.9. The molecular weight excluding hydrogens is 1700 g/mol. The summed E-state index contributed by atoms with van der Waals surface area (Å²) in [6.07, 6.45) is 16.9. The standard InChI is InChI=1S/C98H157N13O21/c1-69(2)88(91(119)108-79(27-20-44-105-94(100)122)89(117)106-72-33-29-70-31-35-81-95(3,75(70)65-72)39-21-41-97(81,5)92(120)110-93(121)98(6)42-22-40-96(4)76-66-73(112)34-30-71(76)32-36-82(96)98)109-90(118)78(107-84(114)38-50-124-54-58-128-62-64-130-60-56-126-52-47-104-85(115)67-131-74-23-14-11-10-12-15-24-74)26-18-19-43-102-86(116)68-132-80-28-17-13-16-25-77(87(80)99)101-46-51-125-55-59-129-63-61-127-57-53-123-49-37-83(113)103-45-48-111(7,8)9/h29-30,33-34,65-66,69,74,78-82,88,101H,10-14,16-23,25-28,31-32,35-64,67-68,99H2,1-9H3,(H11-,100,102,103,104,105,106,107,108,109,110,112,113,114,115,116,117,118,119,120,121,122)/p+1/t74?,78?,79-,80?,81+,82+,88-,95+,96+,97-,98-/m0/s1. The van der Waals surface area contributed by atoms with Crippen molar-refractivity contribution in [1.82, 2.24) is 47.9 Å². The smallest absolute Gasteiger partial charge is 0.312 e. The van der Waals surface area contributed by atoms with Gasteiger partial charge in [-0.3, -0.25) is 48.5 Å². The number of likely N-dealkylation sites (N-methyl/N-ethyl adjacent to an activating group) is 1. The molecule has 2 aromatic carbocycles. The van der Waals surface area contributed by atoms with Crippen molar-refractivity contribution < 1.29 is 105 Å². The number of unbranched alkanes of at least 4 members (excludes halogenated alkanes) is 1. The van der Waals surface area contributed by atoms with Crippen LogP contribution in [0.5, 0.6) is 5.75 Å². The maximum Gasteiger partial charge on any atom is 0.312 e. The van der Waals surface area contributed by atoms with Crippen LogP contribution >= 0.6 is 0 Å². The van der Waals surface area contributed by atoms with Crippen LogP contribution in [0.25, 0.3) is 0 Å². The van der Waals surface area contributed by atoms with E-state index in [0.717, 1.165) is 117 Å². The molecule has 11 atom stereocenters. The molecule has 8 rings (SSSR count). The molecule has 0 radical (unpaired) electrons. The van der Waals surface area contributed by atoms with E-state index in [0.29, 0.717) is 175 Å². The van der Waals surface area contributed by atoms with Crippen molar-refractivity contribution in [2.24, 2.45) is 40.1 Å². The number of allylic oxidation sites excluding steroid dienone is 1. The number of aromatic hydroxyl groups is 1. The third-order valence-electron chi connectivity index (χ3n) is 26.9. The number of amides is 11. The van der Waals surface area contributed by atoms with E-state index in [1.807, 2.05) is 44.2 Å². The number of aryl methyl sites for hydroxylation is 2. The number of nitrogens with zero attached hydrogens (tertiary/aromatic N) is 1. The third-order valence-corrected chi connectivity index (χ3v) is 26.9. The zero-order chi connectivity index (χ0) is 95.4. The SMILES string of the molecule is CC(C)[C@H](NC(=O)C(CCCCNC(=O)COC1CCCCCC(NCCOCCOCCOCCOCCC(=O)NCC[N+](C)(C)C)=C1N)NC(=O)CCOCCOCCOCCOCCNC(=O)COC1C#CCCCCC1)C(=O)N[C@@H](CCCNC(N)=O)C(=O)Nc1ccc2c(c1)[C@@]1(C)CCC[C@](C)(C(=O)NC(=O)[C@@]3(C)CCC[C@]4(C)c5cc(O)ccc5CC[C@@H]34)[C@@H]1CC2. The van der Waals surface area contributed by atoms with Crippen LogP contribution in [-0.4, -0.2) is 278 Å². The maximum atomic E-state index is 15.1. The van der Waals surface area contributed by atoms with E-state index in [4.69, 9.17) is 58.8 Å². The van der Waals surface area contributed by atoms with Gasteiger partial charge in [-0.1, -0.05) is 91.7 Å². The number of benzene rings is 2. The summed E-state index contributed by atoms with van der Waals surface area (Å²) in [6.45, 7) is 19.2. The Hall–Kier alpha value is -8.60. The highest BCUT2D eigenvalue weighted by molar-refractivity contribution is 6.01. The van der Waals surface area contributed by atoms with Crippen LogP contribution in [-0.2, 0) is 114 Å². The van der Waals surface area contributed by atoms with Gasteiger partial charge < -0.3 is 116 Å². The quantitative estimate of drug-likeness (QED) is 0.0139. The number of carbonyl (C=O) groups excluding carboxylic acids is 10. The molecule has 132 heavy (non-hydrogen) atoms. The number of rotatable bonds is 59. The number of nitrogens with two attached hydrogens (primary N) is 2. The van der Waals surface area contributed by atoms with Gasteiger partial charge in [0.2, 0.25) is 53.2 Å². The Bertz CT molecular complexity index is 4100. The fraction of sp³-hybridized carbons (Fsp3) is 0.735. The number of phenolic OH excluding ortho intramolecular Hbond substituents is 1. The van der Waals surface area contributed by atoms with Gasteiger partial charge in [0.05, 0.1) is 163 Å². The van der Waals surface area contributed by atoms with Crippen molar-refractivity contribution in [3.8, 4) is 17.6 Å². The number of quaternary nitrogens is 1. The van der Waals surface area contributed by atoms with Crippen molar-refractivity contribution >= 4 is 64.9 Å². The van der Waals surface area contributed by atoms with Gasteiger partial charge in [0, 0.05) is 56.8 Å². The molecule has 3 unspecified atom stereocenters. The van der Waals surface area contributed by atoms with E-state index >= 15 is 4.79 Å². The van der Waals surface area contributed by atoms with Crippen LogP contribution < -0.4 is 64.6 Å². The molecule has 15 N–H and O–H groups in total. The summed E-state index contributed by atoms with van der Waals surface area (Å²) in [5.41, 5.74) is 15.8. The molecule has 2 saturated carbocycles. The first kappa shape index (κ1) is 109. The van der Waals surface area contributed by atoms with Gasteiger partial charge in [-0.15, -0.1) is 5.92 Å². The lowest BCUT2D eigenvalue weighted by atomic mass is 9.49. The molecule has 0 spiro atoms. The van der Waals surface area contributed by atoms with Crippen molar-refractivity contribution in [2.75, 3.05) is 185 Å². The molecular formula is C98H158N13O21+. The Morgan fingerprint density at radius 2 is 1.01 bits per heavy atom. The van der Waals surface area contributed by atoms with Gasteiger partial charge in [0.1, 0.15) is 43.2 Å². The summed E-state index contributed by atoms with van der Waals surface area (Å²) in [4.78, 5) is 138. The Labute approximate surface area is 782 Å². The first-order chi connectivity index (χ1) is 63.3. The second-order valence-corrected chi connectivity index (χ2v) is 38.3. The van der Waals surface area contributed by atoms with Crippen molar-refractivity contribution in [3.63, 3.8) is 0 Å². The van der Waals surface area contributed by atoms with Gasteiger partial charge in [0.25, 0.3) is 0 Å². The number of carbonyl (C=O) groups is 10. The Morgan fingerprint density at radius 3 is 1.61 bits per heavy atom. The molecule has 0 bridgehead atoms. The van der Waals surface area contributed by atoms with E-state index in [2.05, 4.69) is 100.0 Å². The van der Waals surface area contributed by atoms with Gasteiger partial charge in [-0.05, 0) is 197 Å². The van der Waals surface area contributed by atoms with Crippen molar-refractivity contribution in [1.29, 1.82) is 0 Å². The molecule has 34 nitrogen and oxygen atoms in total. The lowest BCUT2D eigenvalue weighted by Gasteiger charge is -2.56. The average molecular weight is 1850 g/mol. The fourth-order valence-corrected chi connectivity index (χ4v) is 19.5. The van der Waals surface area contributed by atoms with Gasteiger partial charge in [0.15, 0.2) is 0 Å². The summed E-state index contributed by atoms with van der Waals surface area (Å²) in [5.74, 6) is 2.12. The summed E-state index contributed by atoms with van der Waals surface area (Å²) < 4.78 is 57.8. The number of hydrogen-bond donors (Lipinski definition) is 13. The van der Waals surface area contributed by atoms with Crippen molar-refractivity contribution in [3.05, 3.63) is 70.0 Å². The predicted octanol–water partition coefficient (Wildman–Crippen LogP) is 6.85. The normalized spacial score (nSPS) is 22.5. The van der Waals surface area contributed by atoms with E-state index in [1.54, 1.807) is 19.9 Å². The summed E-state index contributed by atoms with van der Waals surface area (Å²) in [5, 5.41) is 40.0. The number of ether oxygens (including phenoxy) is 10. The number of hydrogen-bond acceptors (Lipinski definition) is 23. The van der Waals surface area contributed by atoms with Crippen LogP contribution in [0.15, 0.2) is 47.8 Å². The molecule has 2 aromatic rings. The number of fused-ring (bicyclic) bond motifs is 6. The van der Waals surface area contributed by atoms with Gasteiger partial charge in [-0.25, -0.2) is 4.79 Å². The minimum Gasteiger partial charge on any atom is -0.508 e. The van der Waals surface area contributed by atoms with Crippen molar-refractivity contribution in [2.45, 2.75) is 256 Å². The monoisotopic (exact) mass is 1850 g/mol. The molecule has 6 aliphatic carbocycles. The lowest BCUT2D eigenvalue weighted by Crippen LogP contribution is -2.60. The highest BCUT2D eigenvalue weighted by Gasteiger charge is 2.59. The largest absolute Gasteiger partial charge is 0.508 e.